The molecule has 2 amide bonds. The van der Waals surface area contributed by atoms with E-state index < -0.39 is 37.1 Å². The molecule has 318 valence electrons. The van der Waals surface area contributed by atoms with E-state index in [9.17, 15) is 35.3 Å². The molecule has 15 nitrogen and oxygen atoms in total. The van der Waals surface area contributed by atoms with E-state index in [-0.39, 0.29) is 55.4 Å². The molecular formula is C42H65N5O10. The average molecular weight is 800 g/mol. The highest BCUT2D eigenvalue weighted by Crippen LogP contribution is 2.70. The molecule has 4 saturated carbocycles. The van der Waals surface area contributed by atoms with Crippen molar-refractivity contribution in [1.82, 2.24) is 20.0 Å². The second kappa shape index (κ2) is 19.8. The number of hydrogen-bond donors (Lipinski definition) is 6. The van der Waals surface area contributed by atoms with Crippen LogP contribution in [0, 0.1) is 23.2 Å². The topological polar surface area (TPSA) is 208 Å². The standard InChI is InChI=1S/C42H65N5O10/c1-2-3-4-5-14-45(26-34(49)37(52)38(53)35(50)28-48)16-12-29-8-10-33(11-9-29)55-17-13-44-40(54)56-18-19-57-42-23-30-20-31(24-42)22-41(21-30)39(42)47(41)27-36(51)46-15-6-7-32(46)25-43/h8-11,30-32,34-35,37-39,48-50,52-53H,2-7,12-24,26-28H2,1H3,(H,44,54)/t30-,31?,32-,34-,35+,37+,38+,39+,41?,42?,47?/m0/s1. The number of aliphatic hydroxyl groups excluding tert-OH is 5. The van der Waals surface area contributed by atoms with Crippen molar-refractivity contribution in [3.8, 4) is 11.8 Å². The van der Waals surface area contributed by atoms with Crippen molar-refractivity contribution in [2.75, 3.05) is 65.7 Å². The highest BCUT2D eigenvalue weighted by atomic mass is 16.6. The van der Waals surface area contributed by atoms with E-state index in [2.05, 4.69) is 23.2 Å². The van der Waals surface area contributed by atoms with Crippen LogP contribution >= 0.6 is 0 Å². The number of carbonyl (C=O) groups excluding carboxylic acids is 2. The third kappa shape index (κ3) is 10.4. The highest BCUT2D eigenvalue weighted by Gasteiger charge is 2.78. The van der Waals surface area contributed by atoms with Crippen molar-refractivity contribution in [2.45, 2.75) is 132 Å². The van der Waals surface area contributed by atoms with Crippen molar-refractivity contribution in [3.05, 3.63) is 29.8 Å². The molecule has 6 aliphatic rings. The molecular weight excluding hydrogens is 734 g/mol. The third-order valence-corrected chi connectivity index (χ3v) is 13.2. The molecule has 0 aromatic heterocycles. The number of benzene rings is 1. The lowest BCUT2D eigenvalue weighted by Crippen LogP contribution is -2.57. The number of ether oxygens (including phenoxy) is 3. The molecule has 2 saturated heterocycles. The lowest BCUT2D eigenvalue weighted by molar-refractivity contribution is -0.142. The predicted molar refractivity (Wildman–Crippen MR) is 209 cm³/mol. The van der Waals surface area contributed by atoms with E-state index in [0.29, 0.717) is 56.8 Å². The van der Waals surface area contributed by atoms with Gasteiger partial charge in [0.2, 0.25) is 5.91 Å². The van der Waals surface area contributed by atoms with E-state index in [1.54, 1.807) is 4.90 Å². The van der Waals surface area contributed by atoms with Gasteiger partial charge in [0.25, 0.3) is 0 Å². The molecule has 4 aliphatic carbocycles. The van der Waals surface area contributed by atoms with Crippen LogP contribution in [0.3, 0.4) is 0 Å². The maximum atomic E-state index is 13.3. The van der Waals surface area contributed by atoms with Crippen LogP contribution in [0.4, 0.5) is 4.79 Å². The number of aliphatic hydroxyl groups is 5. The van der Waals surface area contributed by atoms with Crippen molar-refractivity contribution in [2.24, 2.45) is 11.8 Å². The van der Waals surface area contributed by atoms with Crippen LogP contribution in [0.25, 0.3) is 0 Å². The average Bonchev–Trinajstić information content (AvgIpc) is 3.54. The molecule has 57 heavy (non-hydrogen) atoms. The Hall–Kier alpha value is -3.07. The van der Waals surface area contributed by atoms with Crippen molar-refractivity contribution >= 4 is 12.0 Å². The maximum absolute atomic E-state index is 13.3. The van der Waals surface area contributed by atoms with Gasteiger partial charge in [0.15, 0.2) is 0 Å². The number of nitrogens with one attached hydrogen (secondary N) is 1. The van der Waals surface area contributed by atoms with Gasteiger partial charge in [-0.25, -0.2) is 4.79 Å². The van der Waals surface area contributed by atoms with Crippen LogP contribution in [0.2, 0.25) is 0 Å². The monoisotopic (exact) mass is 799 g/mol. The second-order valence-electron chi connectivity index (χ2n) is 17.2. The Kier molecular flexibility index (Phi) is 15.1. The zero-order valence-corrected chi connectivity index (χ0v) is 33.6. The summed E-state index contributed by atoms with van der Waals surface area (Å²) in [5.41, 5.74) is 0.770. The molecule has 2 aliphatic heterocycles. The van der Waals surface area contributed by atoms with Gasteiger partial charge in [0.1, 0.15) is 43.3 Å². The number of hydrogen-bond acceptors (Lipinski definition) is 13. The lowest BCUT2D eigenvalue weighted by Gasteiger charge is -2.54. The van der Waals surface area contributed by atoms with E-state index in [1.165, 1.54) is 6.42 Å². The number of carbonyl (C=O) groups is 2. The molecule has 7 rings (SSSR count). The van der Waals surface area contributed by atoms with E-state index in [1.807, 2.05) is 29.2 Å². The minimum atomic E-state index is -1.65. The van der Waals surface area contributed by atoms with Crippen molar-refractivity contribution in [1.29, 1.82) is 5.26 Å². The lowest BCUT2D eigenvalue weighted by atomic mass is 9.54. The fourth-order valence-corrected chi connectivity index (χ4v) is 10.6. The first-order chi connectivity index (χ1) is 27.5. The van der Waals surface area contributed by atoms with Gasteiger partial charge < -0.3 is 54.9 Å². The number of likely N-dealkylation sites (tertiary alicyclic amines) is 2. The van der Waals surface area contributed by atoms with Gasteiger partial charge in [-0.15, -0.1) is 0 Å². The van der Waals surface area contributed by atoms with E-state index >= 15 is 0 Å². The summed E-state index contributed by atoms with van der Waals surface area (Å²) in [6.45, 7) is 4.80. The van der Waals surface area contributed by atoms with Crippen LogP contribution in [0.5, 0.6) is 5.75 Å². The van der Waals surface area contributed by atoms with E-state index in [4.69, 9.17) is 19.3 Å². The number of unbranched alkanes of at least 4 members (excludes halogenated alkanes) is 3. The Balaban J connectivity index is 0.877. The number of nitrogens with zero attached hydrogens (tertiary/aromatic N) is 4. The van der Waals surface area contributed by atoms with Gasteiger partial charge in [-0.2, -0.15) is 5.26 Å². The Morgan fingerprint density at radius 2 is 1.72 bits per heavy atom. The van der Waals surface area contributed by atoms with Crippen LogP contribution in [-0.2, 0) is 20.7 Å². The number of alkyl carbamates (subject to hydrolysis) is 1. The summed E-state index contributed by atoms with van der Waals surface area (Å²) in [5, 5.41) is 61.9. The molecule has 6 N–H and O–H groups in total. The Labute approximate surface area is 336 Å². The SMILES string of the molecule is CCCCCCN(CCc1ccc(OCCNC(=O)OCCOC23CC4C[C@H](C2)CC2(C4)[C@H]3N2CC(=O)N2CCC[C@H]2C#N)cc1)C[C@H](O)[C@@H](O)[C@H](O)[C@H](O)CO. The molecule has 4 bridgehead atoms. The van der Waals surface area contributed by atoms with Crippen LogP contribution in [0.1, 0.15) is 83.1 Å². The molecule has 11 atom stereocenters. The fourth-order valence-electron chi connectivity index (χ4n) is 10.6. The number of rotatable bonds is 24. The number of nitriles is 1. The minimum absolute atomic E-state index is 0.0324. The van der Waals surface area contributed by atoms with Gasteiger partial charge in [-0.1, -0.05) is 38.3 Å². The van der Waals surface area contributed by atoms with Crippen molar-refractivity contribution in [3.63, 3.8) is 0 Å². The first kappa shape index (κ1) is 43.5. The second-order valence-corrected chi connectivity index (χ2v) is 17.2. The van der Waals surface area contributed by atoms with Gasteiger partial charge in [0, 0.05) is 25.2 Å². The zero-order valence-electron chi connectivity index (χ0n) is 33.6. The predicted octanol–water partition coefficient (Wildman–Crippen LogP) is 1.57. The largest absolute Gasteiger partial charge is 0.492 e. The quantitative estimate of drug-likeness (QED) is 0.0650. The summed E-state index contributed by atoms with van der Waals surface area (Å²) >= 11 is 0. The Morgan fingerprint density at radius 1 is 0.982 bits per heavy atom. The fraction of sp³-hybridized carbons (Fsp3) is 0.786. The van der Waals surface area contributed by atoms with Gasteiger partial charge in [-0.3, -0.25) is 9.69 Å². The van der Waals surface area contributed by atoms with Crippen LogP contribution < -0.4 is 10.1 Å². The van der Waals surface area contributed by atoms with Crippen molar-refractivity contribution < 1.29 is 49.3 Å². The maximum Gasteiger partial charge on any atom is 0.407 e. The molecule has 1 aromatic carbocycles. The Morgan fingerprint density at radius 3 is 2.42 bits per heavy atom. The summed E-state index contributed by atoms with van der Waals surface area (Å²) < 4.78 is 17.9. The van der Waals surface area contributed by atoms with Crippen LogP contribution in [-0.4, -0.2) is 166 Å². The normalized spacial score (nSPS) is 30.4. The molecule has 4 unspecified atom stereocenters. The smallest absolute Gasteiger partial charge is 0.407 e. The highest BCUT2D eigenvalue weighted by molar-refractivity contribution is 5.80. The summed E-state index contributed by atoms with van der Waals surface area (Å²) in [5.74, 6) is 1.89. The van der Waals surface area contributed by atoms with Gasteiger partial charge in [0.05, 0.1) is 50.1 Å². The molecule has 2 heterocycles. The first-order valence-electron chi connectivity index (χ1n) is 21.3. The summed E-state index contributed by atoms with van der Waals surface area (Å²) in [6.07, 6.45) is 5.28. The van der Waals surface area contributed by atoms with Crippen LogP contribution in [0.15, 0.2) is 24.3 Å². The zero-order chi connectivity index (χ0) is 40.6. The summed E-state index contributed by atoms with van der Waals surface area (Å²) in [6, 6.07) is 9.83. The Bertz CT molecular complexity index is 1500. The molecule has 6 fully saturated rings. The molecule has 0 radical (unpaired) electrons. The summed E-state index contributed by atoms with van der Waals surface area (Å²) in [4.78, 5) is 31.9. The third-order valence-electron chi connectivity index (χ3n) is 13.2. The van der Waals surface area contributed by atoms with E-state index in [0.717, 1.165) is 69.8 Å². The number of amides is 2. The van der Waals surface area contributed by atoms with Gasteiger partial charge >= 0.3 is 6.09 Å². The molecule has 1 aromatic rings. The molecule has 1 spiro atoms. The first-order valence-corrected chi connectivity index (χ1v) is 21.3. The minimum Gasteiger partial charge on any atom is -0.492 e. The molecule has 15 heteroatoms. The summed E-state index contributed by atoms with van der Waals surface area (Å²) in [7, 11) is 0. The van der Waals surface area contributed by atoms with Gasteiger partial charge in [-0.05, 0) is 93.9 Å².